The van der Waals surface area contributed by atoms with Gasteiger partial charge in [0, 0.05) is 30.3 Å². The van der Waals surface area contributed by atoms with Crippen molar-refractivity contribution in [1.29, 1.82) is 0 Å². The molecule has 6 nitrogen and oxygen atoms in total. The van der Waals surface area contributed by atoms with E-state index in [1.807, 2.05) is 43.1 Å². The molecule has 0 aliphatic rings. The summed E-state index contributed by atoms with van der Waals surface area (Å²) < 4.78 is 5.38. The van der Waals surface area contributed by atoms with Crippen LogP contribution in [0.3, 0.4) is 0 Å². The van der Waals surface area contributed by atoms with Crippen molar-refractivity contribution in [2.45, 2.75) is 19.1 Å². The van der Waals surface area contributed by atoms with Crippen LogP contribution in [0, 0.1) is 10.1 Å². The summed E-state index contributed by atoms with van der Waals surface area (Å²) in [5.41, 5.74) is 1.53. The number of rotatable bonds is 7. The van der Waals surface area contributed by atoms with Crippen LogP contribution in [-0.2, 0) is 0 Å². The first-order valence-electron chi connectivity index (χ1n) is 7.69. The van der Waals surface area contributed by atoms with E-state index in [4.69, 9.17) is 4.74 Å². The minimum absolute atomic E-state index is 0.0213. The van der Waals surface area contributed by atoms with Crippen molar-refractivity contribution in [3.8, 4) is 5.75 Å². The molecule has 2 rings (SSSR count). The van der Waals surface area contributed by atoms with Crippen LogP contribution in [0.15, 0.2) is 48.5 Å². The molecule has 24 heavy (non-hydrogen) atoms. The topological polar surface area (TPSA) is 75.8 Å². The van der Waals surface area contributed by atoms with E-state index in [1.165, 1.54) is 12.1 Å². The molecule has 6 heteroatoms. The van der Waals surface area contributed by atoms with Crippen LogP contribution in [0.25, 0.3) is 0 Å². The number of aliphatic hydroxyl groups is 1. The van der Waals surface area contributed by atoms with Crippen molar-refractivity contribution in [3.63, 3.8) is 0 Å². The number of nitro benzene ring substituents is 1. The van der Waals surface area contributed by atoms with E-state index in [1.54, 1.807) is 19.2 Å². The second kappa shape index (κ2) is 7.90. The van der Waals surface area contributed by atoms with Crippen molar-refractivity contribution in [2.75, 3.05) is 20.7 Å². The van der Waals surface area contributed by atoms with Crippen LogP contribution in [-0.4, -0.2) is 35.6 Å². The first-order valence-corrected chi connectivity index (χ1v) is 7.69. The Morgan fingerprint density at radius 1 is 1.25 bits per heavy atom. The van der Waals surface area contributed by atoms with Crippen LogP contribution in [0.1, 0.15) is 30.2 Å². The highest BCUT2D eigenvalue weighted by Crippen LogP contribution is 2.29. The number of ether oxygens (including phenoxy) is 1. The van der Waals surface area contributed by atoms with E-state index in [0.717, 1.165) is 11.3 Å². The normalized spacial score (nSPS) is 13.5. The Morgan fingerprint density at radius 2 is 1.96 bits per heavy atom. The van der Waals surface area contributed by atoms with Gasteiger partial charge < -0.3 is 9.84 Å². The minimum Gasteiger partial charge on any atom is -0.496 e. The summed E-state index contributed by atoms with van der Waals surface area (Å²) >= 11 is 0. The number of nitro groups is 1. The van der Waals surface area contributed by atoms with Gasteiger partial charge >= 0.3 is 0 Å². The number of nitrogens with zero attached hydrogens (tertiary/aromatic N) is 2. The van der Waals surface area contributed by atoms with Gasteiger partial charge in [-0.1, -0.05) is 30.3 Å². The van der Waals surface area contributed by atoms with Crippen molar-refractivity contribution in [1.82, 2.24) is 4.90 Å². The van der Waals surface area contributed by atoms with Crippen LogP contribution < -0.4 is 4.74 Å². The lowest BCUT2D eigenvalue weighted by Crippen LogP contribution is -2.28. The van der Waals surface area contributed by atoms with E-state index >= 15 is 0 Å². The SMILES string of the molecule is COc1ccccc1[C@H](C)N(C)C[C@@H](O)c1cccc([N+](=O)[O-])c1. The molecule has 0 aliphatic carbocycles. The molecule has 0 amide bonds. The zero-order valence-corrected chi connectivity index (χ0v) is 14.0. The second-order valence-corrected chi connectivity index (χ2v) is 5.73. The third kappa shape index (κ3) is 4.10. The highest BCUT2D eigenvalue weighted by Gasteiger charge is 2.20. The molecule has 0 heterocycles. The first kappa shape index (κ1) is 17.9. The molecule has 0 aliphatic heterocycles. The van der Waals surface area contributed by atoms with Crippen LogP contribution >= 0.6 is 0 Å². The van der Waals surface area contributed by atoms with Gasteiger partial charge in [0.2, 0.25) is 0 Å². The molecule has 0 bridgehead atoms. The zero-order valence-electron chi connectivity index (χ0n) is 14.0. The molecule has 0 saturated carbocycles. The monoisotopic (exact) mass is 330 g/mol. The van der Waals surface area contributed by atoms with Gasteiger partial charge in [-0.2, -0.15) is 0 Å². The Labute approximate surface area is 141 Å². The van der Waals surface area contributed by atoms with Crippen molar-refractivity contribution < 1.29 is 14.8 Å². The van der Waals surface area contributed by atoms with Crippen molar-refractivity contribution >= 4 is 5.69 Å². The second-order valence-electron chi connectivity index (χ2n) is 5.73. The Balaban J connectivity index is 2.12. The predicted molar refractivity (Wildman–Crippen MR) is 92.1 cm³/mol. The summed E-state index contributed by atoms with van der Waals surface area (Å²) in [6.07, 6.45) is -0.813. The Hall–Kier alpha value is -2.44. The fourth-order valence-corrected chi connectivity index (χ4v) is 2.63. The number of hydrogen-bond donors (Lipinski definition) is 1. The maximum absolute atomic E-state index is 10.9. The fourth-order valence-electron chi connectivity index (χ4n) is 2.63. The molecule has 0 spiro atoms. The van der Waals surface area contributed by atoms with E-state index < -0.39 is 11.0 Å². The molecular weight excluding hydrogens is 308 g/mol. The average Bonchev–Trinajstić information content (AvgIpc) is 2.60. The van der Waals surface area contributed by atoms with E-state index in [2.05, 4.69) is 0 Å². The third-order valence-corrected chi connectivity index (χ3v) is 4.18. The standard InChI is InChI=1S/C18H22N2O4/c1-13(16-9-4-5-10-18(16)24-3)19(2)12-17(21)14-7-6-8-15(11-14)20(22)23/h4-11,13,17,21H,12H2,1-3H3/t13-,17+/m0/s1. The average molecular weight is 330 g/mol. The number of aliphatic hydroxyl groups excluding tert-OH is 1. The van der Waals surface area contributed by atoms with E-state index in [9.17, 15) is 15.2 Å². The lowest BCUT2D eigenvalue weighted by molar-refractivity contribution is -0.385. The maximum Gasteiger partial charge on any atom is 0.269 e. The number of hydrogen-bond acceptors (Lipinski definition) is 5. The molecule has 0 aromatic heterocycles. The summed E-state index contributed by atoms with van der Waals surface area (Å²) in [6.45, 7) is 2.37. The smallest absolute Gasteiger partial charge is 0.269 e. The summed E-state index contributed by atoms with van der Waals surface area (Å²) in [7, 11) is 3.53. The number of methoxy groups -OCH3 is 1. The van der Waals surface area contributed by atoms with E-state index in [0.29, 0.717) is 12.1 Å². The van der Waals surface area contributed by atoms with Crippen LogP contribution in [0.4, 0.5) is 5.69 Å². The Morgan fingerprint density at radius 3 is 2.62 bits per heavy atom. The molecule has 0 fully saturated rings. The minimum atomic E-state index is -0.813. The number of likely N-dealkylation sites (N-methyl/N-ethyl adjacent to an activating group) is 1. The van der Waals surface area contributed by atoms with Crippen LogP contribution in [0.5, 0.6) is 5.75 Å². The van der Waals surface area contributed by atoms with Gasteiger partial charge in [-0.05, 0) is 25.6 Å². The number of benzene rings is 2. The van der Waals surface area contributed by atoms with Gasteiger partial charge in [0.25, 0.3) is 5.69 Å². The van der Waals surface area contributed by atoms with Crippen LogP contribution in [0.2, 0.25) is 0 Å². The highest BCUT2D eigenvalue weighted by molar-refractivity contribution is 5.36. The highest BCUT2D eigenvalue weighted by atomic mass is 16.6. The molecular formula is C18H22N2O4. The summed E-state index contributed by atoms with van der Waals surface area (Å²) in [5.74, 6) is 0.793. The summed E-state index contributed by atoms with van der Waals surface area (Å²) in [5, 5.41) is 21.3. The fraction of sp³-hybridized carbons (Fsp3) is 0.333. The maximum atomic E-state index is 10.9. The number of non-ortho nitro benzene ring substituents is 1. The summed E-state index contributed by atoms with van der Waals surface area (Å²) in [6, 6.07) is 13.9. The molecule has 128 valence electrons. The van der Waals surface area contributed by atoms with Gasteiger partial charge in [-0.3, -0.25) is 15.0 Å². The van der Waals surface area contributed by atoms with Gasteiger partial charge in [0.05, 0.1) is 18.1 Å². The van der Waals surface area contributed by atoms with Gasteiger partial charge in [-0.15, -0.1) is 0 Å². The number of para-hydroxylation sites is 1. The van der Waals surface area contributed by atoms with Crippen molar-refractivity contribution in [3.05, 3.63) is 69.8 Å². The predicted octanol–water partition coefficient (Wildman–Crippen LogP) is 3.33. The molecule has 0 radical (unpaired) electrons. The van der Waals surface area contributed by atoms with Gasteiger partial charge in [0.1, 0.15) is 5.75 Å². The lowest BCUT2D eigenvalue weighted by Gasteiger charge is -2.28. The molecule has 0 saturated heterocycles. The first-order chi connectivity index (χ1) is 11.4. The largest absolute Gasteiger partial charge is 0.496 e. The summed E-state index contributed by atoms with van der Waals surface area (Å²) in [4.78, 5) is 12.4. The molecule has 1 N–H and O–H groups in total. The van der Waals surface area contributed by atoms with Gasteiger partial charge in [0.15, 0.2) is 0 Å². The van der Waals surface area contributed by atoms with Crippen molar-refractivity contribution in [2.24, 2.45) is 0 Å². The van der Waals surface area contributed by atoms with E-state index in [-0.39, 0.29) is 11.7 Å². The quantitative estimate of drug-likeness (QED) is 0.622. The third-order valence-electron chi connectivity index (χ3n) is 4.18. The van der Waals surface area contributed by atoms with Gasteiger partial charge in [-0.25, -0.2) is 0 Å². The molecule has 2 atom stereocenters. The lowest BCUT2D eigenvalue weighted by atomic mass is 10.0. The molecule has 2 aromatic carbocycles. The molecule has 2 aromatic rings. The Kier molecular flexibility index (Phi) is 5.89. The Bertz CT molecular complexity index is 705. The zero-order chi connectivity index (χ0) is 17.7. The molecule has 0 unspecified atom stereocenters.